The zero-order valence-corrected chi connectivity index (χ0v) is 18.3. The van der Waals surface area contributed by atoms with E-state index in [0.717, 1.165) is 36.9 Å². The molecule has 1 fully saturated rings. The second kappa shape index (κ2) is 11.6. The third-order valence-corrected chi connectivity index (χ3v) is 4.60. The Morgan fingerprint density at radius 2 is 2.12 bits per heavy atom. The fourth-order valence-electron chi connectivity index (χ4n) is 3.25. The van der Waals surface area contributed by atoms with Crippen molar-refractivity contribution in [3.63, 3.8) is 0 Å². The largest absolute Gasteiger partial charge is 0.496 e. The molecule has 1 saturated heterocycles. The van der Waals surface area contributed by atoms with Crippen LogP contribution < -0.4 is 15.4 Å². The summed E-state index contributed by atoms with van der Waals surface area (Å²) >= 11 is 0. The second-order valence-electron chi connectivity index (χ2n) is 6.32. The van der Waals surface area contributed by atoms with E-state index in [2.05, 4.69) is 54.5 Å². The van der Waals surface area contributed by atoms with Crippen molar-refractivity contribution in [1.82, 2.24) is 15.5 Å². The standard InChI is InChI=1S/C19H32N4O.HI/c1-5-20-19(22-14-17-8-7-11-23(17)6-2)21-13-16-10-9-15(3)12-18(16)24-4;/h9-10,12,17H,5-8,11,13-14H2,1-4H3,(H2,20,21,22);1H. The average Bonchev–Trinajstić information content (AvgIpc) is 3.05. The molecule has 1 aromatic carbocycles. The zero-order chi connectivity index (χ0) is 17.4. The summed E-state index contributed by atoms with van der Waals surface area (Å²) in [5.41, 5.74) is 2.31. The summed E-state index contributed by atoms with van der Waals surface area (Å²) in [6, 6.07) is 6.87. The van der Waals surface area contributed by atoms with Gasteiger partial charge in [-0.2, -0.15) is 0 Å². The van der Waals surface area contributed by atoms with Crippen molar-refractivity contribution in [3.05, 3.63) is 29.3 Å². The van der Waals surface area contributed by atoms with Crippen molar-refractivity contribution in [2.45, 2.75) is 46.2 Å². The number of hydrogen-bond donors (Lipinski definition) is 2. The number of rotatable bonds is 7. The number of likely N-dealkylation sites (tertiary alicyclic amines) is 1. The quantitative estimate of drug-likeness (QED) is 0.373. The number of aliphatic imine (C=N–C) groups is 1. The maximum absolute atomic E-state index is 5.47. The average molecular weight is 460 g/mol. The lowest BCUT2D eigenvalue weighted by Crippen LogP contribution is -2.44. The Hall–Kier alpha value is -1.02. The normalized spacial score (nSPS) is 17.9. The van der Waals surface area contributed by atoms with Gasteiger partial charge in [-0.25, -0.2) is 4.99 Å². The first-order valence-electron chi connectivity index (χ1n) is 9.07. The predicted octanol–water partition coefficient (Wildman–Crippen LogP) is 3.16. The third kappa shape index (κ3) is 6.66. The Morgan fingerprint density at radius 1 is 1.32 bits per heavy atom. The zero-order valence-electron chi connectivity index (χ0n) is 16.0. The van der Waals surface area contributed by atoms with E-state index >= 15 is 0 Å². The van der Waals surface area contributed by atoms with Gasteiger partial charge in [0.2, 0.25) is 0 Å². The molecule has 5 nitrogen and oxygen atoms in total. The highest BCUT2D eigenvalue weighted by Crippen LogP contribution is 2.20. The molecule has 25 heavy (non-hydrogen) atoms. The molecule has 1 aliphatic heterocycles. The summed E-state index contributed by atoms with van der Waals surface area (Å²) in [4.78, 5) is 7.27. The first kappa shape index (κ1) is 22.0. The van der Waals surface area contributed by atoms with Crippen molar-refractivity contribution in [3.8, 4) is 5.75 Å². The van der Waals surface area contributed by atoms with Gasteiger partial charge in [0.25, 0.3) is 0 Å². The first-order valence-corrected chi connectivity index (χ1v) is 9.07. The molecule has 142 valence electrons. The van der Waals surface area contributed by atoms with Crippen LogP contribution >= 0.6 is 24.0 Å². The third-order valence-electron chi connectivity index (χ3n) is 4.60. The van der Waals surface area contributed by atoms with Crippen molar-refractivity contribution in [1.29, 1.82) is 0 Å². The Morgan fingerprint density at radius 3 is 2.80 bits per heavy atom. The lowest BCUT2D eigenvalue weighted by atomic mass is 10.1. The van der Waals surface area contributed by atoms with Crippen LogP contribution in [0.25, 0.3) is 0 Å². The van der Waals surface area contributed by atoms with E-state index in [1.165, 1.54) is 24.9 Å². The van der Waals surface area contributed by atoms with Crippen LogP contribution in [0.3, 0.4) is 0 Å². The van der Waals surface area contributed by atoms with E-state index in [1.807, 2.05) is 0 Å². The molecule has 0 aliphatic carbocycles. The van der Waals surface area contributed by atoms with Gasteiger partial charge in [0.05, 0.1) is 13.7 Å². The Bertz CT molecular complexity index is 550. The highest BCUT2D eigenvalue weighted by Gasteiger charge is 2.22. The smallest absolute Gasteiger partial charge is 0.191 e. The molecular formula is C19H33IN4O. The minimum Gasteiger partial charge on any atom is -0.496 e. The number of hydrogen-bond acceptors (Lipinski definition) is 3. The number of nitrogens with zero attached hydrogens (tertiary/aromatic N) is 2. The first-order chi connectivity index (χ1) is 11.7. The molecule has 0 spiro atoms. The van der Waals surface area contributed by atoms with Crippen LogP contribution in [0.2, 0.25) is 0 Å². The van der Waals surface area contributed by atoms with Crippen LogP contribution in [0, 0.1) is 6.92 Å². The number of aryl methyl sites for hydroxylation is 1. The summed E-state index contributed by atoms with van der Waals surface area (Å²) in [6.07, 6.45) is 2.57. The fourth-order valence-corrected chi connectivity index (χ4v) is 3.25. The van der Waals surface area contributed by atoms with Gasteiger partial charge in [-0.05, 0) is 51.4 Å². The predicted molar refractivity (Wildman–Crippen MR) is 116 cm³/mol. The van der Waals surface area contributed by atoms with E-state index < -0.39 is 0 Å². The second-order valence-corrected chi connectivity index (χ2v) is 6.32. The molecule has 1 aliphatic rings. The van der Waals surface area contributed by atoms with E-state index in [-0.39, 0.29) is 24.0 Å². The molecule has 0 saturated carbocycles. The number of guanidine groups is 1. The van der Waals surface area contributed by atoms with Gasteiger partial charge in [-0.1, -0.05) is 19.1 Å². The topological polar surface area (TPSA) is 48.9 Å². The van der Waals surface area contributed by atoms with Gasteiger partial charge >= 0.3 is 0 Å². The Kier molecular flexibility index (Phi) is 10.2. The van der Waals surface area contributed by atoms with Crippen LogP contribution in [0.1, 0.15) is 37.8 Å². The van der Waals surface area contributed by atoms with E-state index in [0.29, 0.717) is 12.6 Å². The lowest BCUT2D eigenvalue weighted by Gasteiger charge is -2.24. The molecule has 0 amide bonds. The number of nitrogens with one attached hydrogen (secondary N) is 2. The molecule has 0 bridgehead atoms. The number of halogens is 1. The molecule has 1 aromatic rings. The molecule has 1 atom stereocenters. The van der Waals surface area contributed by atoms with E-state index in [4.69, 9.17) is 9.73 Å². The molecule has 0 radical (unpaired) electrons. The van der Waals surface area contributed by atoms with E-state index in [1.54, 1.807) is 7.11 Å². The van der Waals surface area contributed by atoms with Gasteiger partial charge in [0.1, 0.15) is 5.75 Å². The number of likely N-dealkylation sites (N-methyl/N-ethyl adjacent to an activating group) is 1. The minimum absolute atomic E-state index is 0. The van der Waals surface area contributed by atoms with Gasteiger partial charge in [-0.15, -0.1) is 24.0 Å². The van der Waals surface area contributed by atoms with Crippen molar-refractivity contribution < 1.29 is 4.74 Å². The maximum atomic E-state index is 5.47. The SMILES string of the molecule is CCNC(=NCc1ccc(C)cc1OC)NCC1CCCN1CC.I. The summed E-state index contributed by atoms with van der Waals surface area (Å²) < 4.78 is 5.47. The molecule has 1 unspecified atom stereocenters. The van der Waals surface area contributed by atoms with Crippen LogP contribution in [0.5, 0.6) is 5.75 Å². The van der Waals surface area contributed by atoms with Gasteiger partial charge in [0, 0.05) is 24.7 Å². The Balaban J connectivity index is 0.00000312. The van der Waals surface area contributed by atoms with Gasteiger partial charge < -0.3 is 15.4 Å². The number of ether oxygens (including phenoxy) is 1. The molecule has 6 heteroatoms. The van der Waals surface area contributed by atoms with Crippen LogP contribution in [-0.2, 0) is 6.54 Å². The summed E-state index contributed by atoms with van der Waals surface area (Å²) in [5.74, 6) is 1.78. The monoisotopic (exact) mass is 460 g/mol. The highest BCUT2D eigenvalue weighted by molar-refractivity contribution is 14.0. The molecular weight excluding hydrogens is 427 g/mol. The number of methoxy groups -OCH3 is 1. The highest BCUT2D eigenvalue weighted by atomic mass is 127. The fraction of sp³-hybridized carbons (Fsp3) is 0.632. The maximum Gasteiger partial charge on any atom is 0.191 e. The Labute approximate surface area is 169 Å². The van der Waals surface area contributed by atoms with Crippen molar-refractivity contribution >= 4 is 29.9 Å². The van der Waals surface area contributed by atoms with Gasteiger partial charge in [-0.3, -0.25) is 4.90 Å². The molecule has 2 rings (SSSR count). The van der Waals surface area contributed by atoms with Crippen LogP contribution in [-0.4, -0.2) is 50.2 Å². The van der Waals surface area contributed by atoms with Crippen molar-refractivity contribution in [2.24, 2.45) is 4.99 Å². The minimum atomic E-state index is 0. The van der Waals surface area contributed by atoms with Crippen LogP contribution in [0.15, 0.2) is 23.2 Å². The summed E-state index contributed by atoms with van der Waals surface area (Å²) in [5, 5.41) is 6.84. The molecule has 2 N–H and O–H groups in total. The van der Waals surface area contributed by atoms with E-state index in [9.17, 15) is 0 Å². The van der Waals surface area contributed by atoms with Crippen molar-refractivity contribution in [2.75, 3.05) is 33.3 Å². The van der Waals surface area contributed by atoms with Crippen LogP contribution in [0.4, 0.5) is 0 Å². The van der Waals surface area contributed by atoms with Gasteiger partial charge in [0.15, 0.2) is 5.96 Å². The lowest BCUT2D eigenvalue weighted by molar-refractivity contribution is 0.267. The molecule has 1 heterocycles. The molecule has 0 aromatic heterocycles. The summed E-state index contributed by atoms with van der Waals surface area (Å²) in [6.45, 7) is 11.2. The summed E-state index contributed by atoms with van der Waals surface area (Å²) in [7, 11) is 1.71. The number of benzene rings is 1.